The number of halogens is 1. The van der Waals surface area contributed by atoms with Crippen LogP contribution in [0.2, 0.25) is 0 Å². The minimum Gasteiger partial charge on any atom is -0.497 e. The topological polar surface area (TPSA) is 35.5 Å². The number of hydrogen-bond acceptors (Lipinski definition) is 3. The molecule has 0 bridgehead atoms. The summed E-state index contributed by atoms with van der Waals surface area (Å²) in [7, 11) is 1.60. The number of carbonyl (C=O) groups is 1. The number of esters is 1. The summed E-state index contributed by atoms with van der Waals surface area (Å²) < 4.78 is 24.3. The molecular weight excluding hydrogens is 271 g/mol. The van der Waals surface area contributed by atoms with Crippen LogP contribution in [-0.2, 0) is 9.53 Å². The SMILES string of the molecule is C=C(C)C(=O)Oc1ccc(C2C=CC(OC)=CC2)c(F)c1. The Morgan fingerprint density at radius 1 is 1.43 bits per heavy atom. The molecule has 21 heavy (non-hydrogen) atoms. The minimum absolute atomic E-state index is 0.0465. The van der Waals surface area contributed by atoms with Crippen LogP contribution in [0.15, 0.2) is 54.3 Å². The second kappa shape index (κ2) is 6.39. The zero-order chi connectivity index (χ0) is 15.4. The first kappa shape index (κ1) is 15.0. The molecular formula is C17H17FO3. The smallest absolute Gasteiger partial charge is 0.338 e. The largest absolute Gasteiger partial charge is 0.497 e. The van der Waals surface area contributed by atoms with Crippen LogP contribution in [-0.4, -0.2) is 13.1 Å². The fraction of sp³-hybridized carbons (Fsp3) is 0.235. The number of carbonyl (C=O) groups excluding carboxylic acids is 1. The van der Waals surface area contributed by atoms with E-state index in [1.165, 1.54) is 6.07 Å². The second-order valence-electron chi connectivity index (χ2n) is 4.87. The van der Waals surface area contributed by atoms with E-state index in [2.05, 4.69) is 6.58 Å². The molecule has 0 saturated heterocycles. The third kappa shape index (κ3) is 3.60. The highest BCUT2D eigenvalue weighted by Crippen LogP contribution is 2.30. The van der Waals surface area contributed by atoms with Gasteiger partial charge in [0.25, 0.3) is 0 Å². The minimum atomic E-state index is -0.563. The van der Waals surface area contributed by atoms with Gasteiger partial charge in [-0.05, 0) is 37.1 Å². The first-order chi connectivity index (χ1) is 10.0. The van der Waals surface area contributed by atoms with Crippen LogP contribution in [0.25, 0.3) is 0 Å². The van der Waals surface area contributed by atoms with E-state index in [1.54, 1.807) is 26.2 Å². The quantitative estimate of drug-likeness (QED) is 0.479. The van der Waals surface area contributed by atoms with Crippen molar-refractivity contribution in [3.05, 3.63) is 65.7 Å². The highest BCUT2D eigenvalue weighted by Gasteiger charge is 2.17. The van der Waals surface area contributed by atoms with Crippen LogP contribution < -0.4 is 4.74 Å². The maximum absolute atomic E-state index is 14.2. The fourth-order valence-electron chi connectivity index (χ4n) is 2.05. The van der Waals surface area contributed by atoms with Gasteiger partial charge in [0.1, 0.15) is 17.3 Å². The molecule has 0 aromatic heterocycles. The molecule has 110 valence electrons. The van der Waals surface area contributed by atoms with Crippen molar-refractivity contribution in [1.29, 1.82) is 0 Å². The van der Waals surface area contributed by atoms with E-state index in [1.807, 2.05) is 18.2 Å². The van der Waals surface area contributed by atoms with Crippen molar-refractivity contribution in [3.8, 4) is 5.75 Å². The van der Waals surface area contributed by atoms with E-state index in [4.69, 9.17) is 9.47 Å². The van der Waals surface area contributed by atoms with E-state index in [0.29, 0.717) is 12.0 Å². The molecule has 1 atom stereocenters. The van der Waals surface area contributed by atoms with Gasteiger partial charge < -0.3 is 9.47 Å². The number of hydrogen-bond donors (Lipinski definition) is 0. The molecule has 0 fully saturated rings. The van der Waals surface area contributed by atoms with Crippen LogP contribution in [0.1, 0.15) is 24.8 Å². The maximum Gasteiger partial charge on any atom is 0.338 e. The molecule has 0 heterocycles. The summed E-state index contributed by atoms with van der Waals surface area (Å²) in [5, 5.41) is 0. The Balaban J connectivity index is 2.14. The lowest BCUT2D eigenvalue weighted by atomic mass is 9.91. The van der Waals surface area contributed by atoms with E-state index >= 15 is 0 Å². The van der Waals surface area contributed by atoms with E-state index < -0.39 is 11.8 Å². The predicted octanol–water partition coefficient (Wildman–Crippen LogP) is 3.88. The summed E-state index contributed by atoms with van der Waals surface area (Å²) in [6.07, 6.45) is 6.31. The van der Waals surface area contributed by atoms with Gasteiger partial charge in [-0.25, -0.2) is 9.18 Å². The van der Waals surface area contributed by atoms with Crippen LogP contribution in [0.4, 0.5) is 4.39 Å². The van der Waals surface area contributed by atoms with Gasteiger partial charge in [-0.3, -0.25) is 0 Å². The average Bonchev–Trinajstić information content (AvgIpc) is 2.47. The van der Waals surface area contributed by atoms with E-state index in [-0.39, 0.29) is 17.2 Å². The predicted molar refractivity (Wildman–Crippen MR) is 78.4 cm³/mol. The molecule has 0 spiro atoms. The third-order valence-corrected chi connectivity index (χ3v) is 3.23. The van der Waals surface area contributed by atoms with Crippen molar-refractivity contribution in [2.24, 2.45) is 0 Å². The molecule has 4 heteroatoms. The molecule has 0 saturated carbocycles. The lowest BCUT2D eigenvalue weighted by Crippen LogP contribution is -2.09. The Labute approximate surface area is 123 Å². The van der Waals surface area contributed by atoms with E-state index in [0.717, 1.165) is 5.76 Å². The third-order valence-electron chi connectivity index (χ3n) is 3.23. The normalized spacial score (nSPS) is 17.1. The van der Waals surface area contributed by atoms with Crippen molar-refractivity contribution in [2.45, 2.75) is 19.3 Å². The zero-order valence-electron chi connectivity index (χ0n) is 12.1. The summed E-state index contributed by atoms with van der Waals surface area (Å²) in [6.45, 7) is 5.03. The second-order valence-corrected chi connectivity index (χ2v) is 4.87. The summed E-state index contributed by atoms with van der Waals surface area (Å²) in [5.74, 6) is -0.0519. The van der Waals surface area contributed by atoms with Gasteiger partial charge in [-0.15, -0.1) is 0 Å². The van der Waals surface area contributed by atoms with Crippen molar-refractivity contribution in [1.82, 2.24) is 0 Å². The van der Waals surface area contributed by atoms with Gasteiger partial charge in [-0.1, -0.05) is 18.7 Å². The molecule has 1 aliphatic rings. The molecule has 0 radical (unpaired) electrons. The molecule has 1 aromatic rings. The molecule has 0 aliphatic heterocycles. The number of benzene rings is 1. The Morgan fingerprint density at radius 3 is 2.71 bits per heavy atom. The zero-order valence-corrected chi connectivity index (χ0v) is 12.1. The summed E-state index contributed by atoms with van der Waals surface area (Å²) in [6, 6.07) is 4.44. The molecule has 3 nitrogen and oxygen atoms in total. The van der Waals surface area contributed by atoms with Crippen LogP contribution in [0.5, 0.6) is 5.75 Å². The summed E-state index contributed by atoms with van der Waals surface area (Å²) in [4.78, 5) is 11.4. The molecule has 0 N–H and O–H groups in total. The molecule has 1 aliphatic carbocycles. The number of ether oxygens (including phenoxy) is 2. The Bertz CT molecular complexity index is 629. The van der Waals surface area contributed by atoms with Crippen LogP contribution >= 0.6 is 0 Å². The van der Waals surface area contributed by atoms with E-state index in [9.17, 15) is 9.18 Å². The Morgan fingerprint density at radius 2 is 2.19 bits per heavy atom. The van der Waals surface area contributed by atoms with Crippen molar-refractivity contribution in [2.75, 3.05) is 7.11 Å². The lowest BCUT2D eigenvalue weighted by molar-refractivity contribution is -0.130. The van der Waals surface area contributed by atoms with Crippen molar-refractivity contribution >= 4 is 5.97 Å². The molecule has 0 amide bonds. The summed E-state index contributed by atoms with van der Waals surface area (Å²) in [5.41, 5.74) is 0.833. The lowest BCUT2D eigenvalue weighted by Gasteiger charge is -2.17. The molecule has 1 aromatic carbocycles. The van der Waals surface area contributed by atoms with Gasteiger partial charge >= 0.3 is 5.97 Å². The number of rotatable bonds is 4. The highest BCUT2D eigenvalue weighted by molar-refractivity contribution is 5.88. The highest BCUT2D eigenvalue weighted by atomic mass is 19.1. The van der Waals surface area contributed by atoms with Crippen LogP contribution in [0, 0.1) is 5.82 Å². The Hall–Kier alpha value is -2.36. The fourth-order valence-corrected chi connectivity index (χ4v) is 2.05. The standard InChI is InChI=1S/C17H17FO3/c1-11(2)17(19)21-14-8-9-15(16(18)10-14)12-4-6-13(20-3)7-5-12/h4,6-10,12H,1,5H2,2-3H3. The summed E-state index contributed by atoms with van der Waals surface area (Å²) >= 11 is 0. The van der Waals surface area contributed by atoms with Gasteiger partial charge in [0.05, 0.1) is 7.11 Å². The van der Waals surface area contributed by atoms with Gasteiger partial charge in [0.15, 0.2) is 0 Å². The monoisotopic (exact) mass is 288 g/mol. The number of allylic oxidation sites excluding steroid dienone is 3. The van der Waals surface area contributed by atoms with Gasteiger partial charge in [0, 0.05) is 17.6 Å². The van der Waals surface area contributed by atoms with Gasteiger partial charge in [0.2, 0.25) is 0 Å². The first-order valence-corrected chi connectivity index (χ1v) is 6.60. The van der Waals surface area contributed by atoms with Crippen molar-refractivity contribution in [3.63, 3.8) is 0 Å². The number of methoxy groups -OCH3 is 1. The van der Waals surface area contributed by atoms with Gasteiger partial charge in [-0.2, -0.15) is 0 Å². The first-order valence-electron chi connectivity index (χ1n) is 6.60. The van der Waals surface area contributed by atoms with Crippen LogP contribution in [0.3, 0.4) is 0 Å². The molecule has 1 unspecified atom stereocenters. The average molecular weight is 288 g/mol. The maximum atomic E-state index is 14.2. The van der Waals surface area contributed by atoms with Crippen molar-refractivity contribution < 1.29 is 18.7 Å². The Kier molecular flexibility index (Phi) is 4.58. The molecule has 2 rings (SSSR count).